The molecular weight excluding hydrogens is 462 g/mol. The van der Waals surface area contributed by atoms with E-state index in [0.717, 1.165) is 5.56 Å². The van der Waals surface area contributed by atoms with Crippen LogP contribution in [0.5, 0.6) is 11.5 Å². The lowest BCUT2D eigenvalue weighted by atomic mass is 10.2. The molecule has 3 N–H and O–H groups in total. The molecule has 0 aliphatic carbocycles. The summed E-state index contributed by atoms with van der Waals surface area (Å²) in [5, 5.41) is 7.95. The Kier molecular flexibility index (Phi) is 9.69. The van der Waals surface area contributed by atoms with Gasteiger partial charge in [-0.05, 0) is 31.5 Å². The van der Waals surface area contributed by atoms with Crippen molar-refractivity contribution in [1.82, 2.24) is 5.32 Å². The van der Waals surface area contributed by atoms with Gasteiger partial charge in [0.2, 0.25) is 5.91 Å². The van der Waals surface area contributed by atoms with E-state index in [1.165, 1.54) is 0 Å². The number of rotatable bonds is 11. The summed E-state index contributed by atoms with van der Waals surface area (Å²) in [6.07, 6.45) is -0.715. The van der Waals surface area contributed by atoms with Crippen LogP contribution in [0.4, 0.5) is 16.2 Å². The number of ether oxygens (including phenoxy) is 3. The number of alkyl carbamates (subject to hydrolysis) is 1. The van der Waals surface area contributed by atoms with Gasteiger partial charge in [0.05, 0.1) is 24.6 Å². The number of amides is 3. The molecule has 9 heteroatoms. The summed E-state index contributed by atoms with van der Waals surface area (Å²) in [5.74, 6) is -0.106. The second kappa shape index (κ2) is 13.4. The minimum atomic E-state index is -0.715. The number of carbonyl (C=O) groups is 3. The standard InChI is InChI=1S/C27H29N3O6/c1-3-34-23-16-22(30-26(32)20-13-9-6-10-14-20)24(35-4-2)15-21(23)29-25(31)17-28-27(33)36-18-19-11-7-5-8-12-19/h5-16H,3-4,17-18H2,1-2H3,(H,28,33)(H,29,31)(H,30,32). The summed E-state index contributed by atoms with van der Waals surface area (Å²) >= 11 is 0. The van der Waals surface area contributed by atoms with Crippen LogP contribution in [0, 0.1) is 0 Å². The third kappa shape index (κ3) is 7.76. The third-order valence-electron chi connectivity index (χ3n) is 4.85. The normalized spacial score (nSPS) is 10.2. The Hall–Kier alpha value is -4.53. The van der Waals surface area contributed by atoms with Crippen molar-refractivity contribution < 1.29 is 28.6 Å². The summed E-state index contributed by atoms with van der Waals surface area (Å²) in [6, 6.07) is 21.1. The van der Waals surface area contributed by atoms with Gasteiger partial charge in [-0.1, -0.05) is 48.5 Å². The van der Waals surface area contributed by atoms with Gasteiger partial charge < -0.3 is 30.2 Å². The van der Waals surface area contributed by atoms with E-state index < -0.39 is 12.0 Å². The molecule has 0 heterocycles. The van der Waals surface area contributed by atoms with Crippen molar-refractivity contribution in [2.75, 3.05) is 30.4 Å². The zero-order chi connectivity index (χ0) is 25.8. The van der Waals surface area contributed by atoms with Crippen LogP contribution in [0.25, 0.3) is 0 Å². The van der Waals surface area contributed by atoms with E-state index in [1.807, 2.05) is 43.3 Å². The van der Waals surface area contributed by atoms with Gasteiger partial charge in [0.15, 0.2) is 0 Å². The average Bonchev–Trinajstić information content (AvgIpc) is 2.90. The molecule has 0 saturated heterocycles. The van der Waals surface area contributed by atoms with Crippen molar-refractivity contribution in [3.8, 4) is 11.5 Å². The molecule has 0 aliphatic rings. The van der Waals surface area contributed by atoms with Crippen molar-refractivity contribution in [3.05, 3.63) is 83.9 Å². The van der Waals surface area contributed by atoms with Crippen molar-refractivity contribution in [2.45, 2.75) is 20.5 Å². The van der Waals surface area contributed by atoms with Gasteiger partial charge in [0.1, 0.15) is 24.7 Å². The van der Waals surface area contributed by atoms with E-state index in [9.17, 15) is 14.4 Å². The average molecular weight is 492 g/mol. The van der Waals surface area contributed by atoms with E-state index in [-0.39, 0.29) is 19.1 Å². The second-order valence-electron chi connectivity index (χ2n) is 7.49. The Balaban J connectivity index is 1.66. The fourth-order valence-electron chi connectivity index (χ4n) is 3.21. The molecule has 9 nitrogen and oxygen atoms in total. The number of nitrogens with one attached hydrogen (secondary N) is 3. The Bertz CT molecular complexity index is 1170. The van der Waals surface area contributed by atoms with Crippen molar-refractivity contribution in [3.63, 3.8) is 0 Å². The Labute approximate surface area is 209 Å². The highest BCUT2D eigenvalue weighted by atomic mass is 16.5. The second-order valence-corrected chi connectivity index (χ2v) is 7.49. The number of anilines is 2. The van der Waals surface area contributed by atoms with Gasteiger partial charge in [-0.3, -0.25) is 9.59 Å². The maximum Gasteiger partial charge on any atom is 0.407 e. The van der Waals surface area contributed by atoms with Gasteiger partial charge in [0, 0.05) is 17.7 Å². The minimum Gasteiger partial charge on any atom is -0.492 e. The first-order chi connectivity index (χ1) is 17.5. The van der Waals surface area contributed by atoms with Gasteiger partial charge in [-0.15, -0.1) is 0 Å². The van der Waals surface area contributed by atoms with Crippen LogP contribution in [0.15, 0.2) is 72.8 Å². The summed E-state index contributed by atoms with van der Waals surface area (Å²) in [5.41, 5.74) is 2.05. The Morgan fingerprint density at radius 2 is 1.31 bits per heavy atom. The summed E-state index contributed by atoms with van der Waals surface area (Å²) < 4.78 is 16.5. The first-order valence-electron chi connectivity index (χ1n) is 11.5. The van der Waals surface area contributed by atoms with Crippen LogP contribution >= 0.6 is 0 Å². The molecule has 0 bridgehead atoms. The molecule has 0 fully saturated rings. The molecule has 0 atom stereocenters. The summed E-state index contributed by atoms with van der Waals surface area (Å²) in [4.78, 5) is 37.1. The molecule has 0 spiro atoms. The maximum absolute atomic E-state index is 12.7. The molecule has 0 aliphatic heterocycles. The summed E-state index contributed by atoms with van der Waals surface area (Å²) in [6.45, 7) is 4.06. The molecule has 3 rings (SSSR count). The predicted octanol–water partition coefficient (Wildman–Crippen LogP) is 4.60. The topological polar surface area (TPSA) is 115 Å². The lowest BCUT2D eigenvalue weighted by Crippen LogP contribution is -2.33. The number of hydrogen-bond acceptors (Lipinski definition) is 6. The quantitative estimate of drug-likeness (QED) is 0.361. The van der Waals surface area contributed by atoms with Crippen LogP contribution in [-0.2, 0) is 16.1 Å². The molecule has 3 aromatic rings. The zero-order valence-corrected chi connectivity index (χ0v) is 20.2. The number of benzene rings is 3. The lowest BCUT2D eigenvalue weighted by molar-refractivity contribution is -0.115. The molecule has 36 heavy (non-hydrogen) atoms. The van der Waals surface area contributed by atoms with Gasteiger partial charge in [-0.2, -0.15) is 0 Å². The molecule has 0 saturated carbocycles. The third-order valence-corrected chi connectivity index (χ3v) is 4.85. The highest BCUT2D eigenvalue weighted by Crippen LogP contribution is 2.37. The van der Waals surface area contributed by atoms with Gasteiger partial charge in [0.25, 0.3) is 5.91 Å². The molecule has 0 unspecified atom stereocenters. The SMILES string of the molecule is CCOc1cc(NC(=O)c2ccccc2)c(OCC)cc1NC(=O)CNC(=O)OCc1ccccc1. The first-order valence-corrected chi connectivity index (χ1v) is 11.5. The predicted molar refractivity (Wildman–Crippen MR) is 136 cm³/mol. The van der Waals surface area contributed by atoms with Crippen molar-refractivity contribution >= 4 is 29.3 Å². The van der Waals surface area contributed by atoms with Gasteiger partial charge in [-0.25, -0.2) is 4.79 Å². The smallest absolute Gasteiger partial charge is 0.407 e. The molecule has 0 radical (unpaired) electrons. The first kappa shape index (κ1) is 26.1. The van der Waals surface area contributed by atoms with Crippen LogP contribution in [0.3, 0.4) is 0 Å². The van der Waals surface area contributed by atoms with E-state index >= 15 is 0 Å². The van der Waals surface area contributed by atoms with E-state index in [1.54, 1.807) is 43.3 Å². The largest absolute Gasteiger partial charge is 0.492 e. The van der Waals surface area contributed by atoms with E-state index in [2.05, 4.69) is 16.0 Å². The van der Waals surface area contributed by atoms with E-state index in [4.69, 9.17) is 14.2 Å². The van der Waals surface area contributed by atoms with Crippen LogP contribution in [0.2, 0.25) is 0 Å². The highest BCUT2D eigenvalue weighted by molar-refractivity contribution is 6.05. The van der Waals surface area contributed by atoms with Crippen LogP contribution in [-0.4, -0.2) is 37.7 Å². The molecular formula is C27H29N3O6. The molecule has 188 valence electrons. The fourth-order valence-corrected chi connectivity index (χ4v) is 3.21. The number of hydrogen-bond donors (Lipinski definition) is 3. The molecule has 3 aromatic carbocycles. The Morgan fingerprint density at radius 1 is 0.750 bits per heavy atom. The Morgan fingerprint density at radius 3 is 1.89 bits per heavy atom. The van der Waals surface area contributed by atoms with Crippen LogP contribution in [0.1, 0.15) is 29.8 Å². The van der Waals surface area contributed by atoms with Crippen LogP contribution < -0.4 is 25.4 Å². The summed E-state index contributed by atoms with van der Waals surface area (Å²) in [7, 11) is 0. The molecule has 0 aromatic heterocycles. The molecule has 3 amide bonds. The maximum atomic E-state index is 12.7. The lowest BCUT2D eigenvalue weighted by Gasteiger charge is -2.18. The fraction of sp³-hybridized carbons (Fsp3) is 0.222. The monoisotopic (exact) mass is 491 g/mol. The minimum absolute atomic E-state index is 0.0939. The highest BCUT2D eigenvalue weighted by Gasteiger charge is 2.17. The van der Waals surface area contributed by atoms with Crippen molar-refractivity contribution in [1.29, 1.82) is 0 Å². The van der Waals surface area contributed by atoms with Crippen molar-refractivity contribution in [2.24, 2.45) is 0 Å². The number of carbonyl (C=O) groups excluding carboxylic acids is 3. The van der Waals surface area contributed by atoms with E-state index in [0.29, 0.717) is 41.7 Å². The zero-order valence-electron chi connectivity index (χ0n) is 20.2. The van der Waals surface area contributed by atoms with Gasteiger partial charge >= 0.3 is 6.09 Å².